The fourth-order valence-electron chi connectivity index (χ4n) is 7.23. The van der Waals surface area contributed by atoms with Crippen molar-refractivity contribution in [3.63, 3.8) is 0 Å². The summed E-state index contributed by atoms with van der Waals surface area (Å²) in [5, 5.41) is 14.3. The van der Waals surface area contributed by atoms with Crippen molar-refractivity contribution in [3.05, 3.63) is 64.1 Å². The van der Waals surface area contributed by atoms with Crippen LogP contribution in [0.2, 0.25) is 0 Å². The molecule has 1 atom stereocenters. The van der Waals surface area contributed by atoms with E-state index in [1.807, 2.05) is 42.7 Å². The lowest BCUT2D eigenvalue weighted by Gasteiger charge is -2.39. The lowest BCUT2D eigenvalue weighted by molar-refractivity contribution is -0.138. The molecular formula is C38H51N5O4S. The summed E-state index contributed by atoms with van der Waals surface area (Å²) in [5.74, 6) is 1.26. The molecule has 9 nitrogen and oxygen atoms in total. The molecule has 0 radical (unpaired) electrons. The Morgan fingerprint density at radius 2 is 1.58 bits per heavy atom. The highest BCUT2D eigenvalue weighted by Gasteiger charge is 2.30. The van der Waals surface area contributed by atoms with Crippen molar-refractivity contribution >= 4 is 34.8 Å². The fraction of sp³-hybridized carbons (Fsp3) is 0.553. The number of carboxylic acids is 1. The minimum atomic E-state index is -1.15. The molecule has 48 heavy (non-hydrogen) atoms. The van der Waals surface area contributed by atoms with Gasteiger partial charge in [-0.3, -0.25) is 14.4 Å². The van der Waals surface area contributed by atoms with Gasteiger partial charge in [-0.2, -0.15) is 0 Å². The highest BCUT2D eigenvalue weighted by atomic mass is 32.1. The van der Waals surface area contributed by atoms with Crippen molar-refractivity contribution in [2.75, 3.05) is 24.5 Å². The zero-order chi connectivity index (χ0) is 34.3. The molecule has 1 aromatic carbocycles. The maximum Gasteiger partial charge on any atom is 0.322 e. The number of nitrogens with one attached hydrogen (secondary N) is 2. The molecule has 1 aliphatic heterocycles. The molecule has 2 aliphatic rings. The number of benzene rings is 1. The van der Waals surface area contributed by atoms with E-state index in [4.69, 9.17) is 5.11 Å². The maximum atomic E-state index is 13.1. The van der Waals surface area contributed by atoms with Gasteiger partial charge in [0.05, 0.1) is 23.0 Å². The van der Waals surface area contributed by atoms with Gasteiger partial charge in [0.25, 0.3) is 5.91 Å². The van der Waals surface area contributed by atoms with Crippen LogP contribution in [-0.2, 0) is 21.4 Å². The zero-order valence-corrected chi connectivity index (χ0v) is 29.7. The van der Waals surface area contributed by atoms with E-state index in [0.29, 0.717) is 10.7 Å². The number of hydrogen-bond donors (Lipinski definition) is 3. The monoisotopic (exact) mass is 673 g/mol. The number of carboxylic acid groups (broad SMARTS) is 1. The Kier molecular flexibility index (Phi) is 11.9. The second-order valence-corrected chi connectivity index (χ2v) is 15.7. The highest BCUT2D eigenvalue weighted by molar-refractivity contribution is 7.14. The second-order valence-electron chi connectivity index (χ2n) is 14.6. The Morgan fingerprint density at radius 1 is 0.938 bits per heavy atom. The minimum Gasteiger partial charge on any atom is -0.480 e. The predicted molar refractivity (Wildman–Crippen MR) is 191 cm³/mol. The first-order valence-corrected chi connectivity index (χ1v) is 18.4. The normalized spacial score (nSPS) is 19.5. The number of nitrogens with zero attached hydrogens (tertiary/aromatic N) is 3. The Balaban J connectivity index is 1.17. The average Bonchev–Trinajstić information content (AvgIpc) is 3.60. The maximum absolute atomic E-state index is 13.1. The Hall–Kier alpha value is -3.79. The van der Waals surface area contributed by atoms with E-state index in [2.05, 4.69) is 53.2 Å². The van der Waals surface area contributed by atoms with Crippen LogP contribution in [0.25, 0.3) is 11.4 Å². The van der Waals surface area contributed by atoms with Crippen LogP contribution >= 0.6 is 11.3 Å². The third-order valence-electron chi connectivity index (χ3n) is 10.1. The lowest BCUT2D eigenvalue weighted by Crippen LogP contribution is -2.49. The number of hydrogen-bond acceptors (Lipinski definition) is 7. The van der Waals surface area contributed by atoms with Crippen molar-refractivity contribution in [3.8, 4) is 11.4 Å². The van der Waals surface area contributed by atoms with Crippen LogP contribution in [0.3, 0.4) is 0 Å². The van der Waals surface area contributed by atoms with Crippen molar-refractivity contribution < 1.29 is 19.5 Å². The summed E-state index contributed by atoms with van der Waals surface area (Å²) in [7, 11) is 0. The Bertz CT molecular complexity index is 1520. The van der Waals surface area contributed by atoms with E-state index in [-0.39, 0.29) is 17.7 Å². The molecule has 1 aliphatic carbocycles. The van der Waals surface area contributed by atoms with E-state index in [1.54, 1.807) is 6.07 Å². The van der Waals surface area contributed by atoms with Gasteiger partial charge < -0.3 is 20.6 Å². The summed E-state index contributed by atoms with van der Waals surface area (Å²) < 4.78 is 0. The van der Waals surface area contributed by atoms with E-state index in [0.717, 1.165) is 52.5 Å². The lowest BCUT2D eigenvalue weighted by atomic mass is 9.72. The summed E-state index contributed by atoms with van der Waals surface area (Å²) in [6, 6.07) is 10.3. The molecule has 2 fully saturated rings. The molecule has 1 saturated carbocycles. The minimum absolute atomic E-state index is 0.100. The van der Waals surface area contributed by atoms with Gasteiger partial charge in [-0.05, 0) is 66.5 Å². The number of rotatable bonds is 12. The Morgan fingerprint density at radius 3 is 2.17 bits per heavy atom. The molecule has 10 heteroatoms. The summed E-state index contributed by atoms with van der Waals surface area (Å²) in [5.41, 5.74) is 2.63. The summed E-state index contributed by atoms with van der Waals surface area (Å²) >= 11 is 1.39. The number of piperidine rings is 1. The first-order valence-electron chi connectivity index (χ1n) is 17.6. The molecule has 0 spiro atoms. The van der Waals surface area contributed by atoms with Crippen LogP contribution in [0.15, 0.2) is 48.8 Å². The van der Waals surface area contributed by atoms with E-state index in [9.17, 15) is 14.4 Å². The highest BCUT2D eigenvalue weighted by Crippen LogP contribution is 2.39. The number of aliphatic carboxylic acids is 1. The van der Waals surface area contributed by atoms with Crippen LogP contribution in [0.4, 0.5) is 5.69 Å². The van der Waals surface area contributed by atoms with Gasteiger partial charge >= 0.3 is 5.97 Å². The van der Waals surface area contributed by atoms with Crippen LogP contribution in [0.1, 0.15) is 99.2 Å². The van der Waals surface area contributed by atoms with Gasteiger partial charge in [0.15, 0.2) is 5.82 Å². The van der Waals surface area contributed by atoms with Gasteiger partial charge in [-0.15, -0.1) is 11.3 Å². The number of carbonyl (C=O) groups is 3. The largest absolute Gasteiger partial charge is 0.480 e. The fourth-order valence-corrected chi connectivity index (χ4v) is 8.20. The van der Waals surface area contributed by atoms with E-state index in [1.165, 1.54) is 62.7 Å². The molecule has 2 amide bonds. The van der Waals surface area contributed by atoms with Crippen LogP contribution in [0.5, 0.6) is 0 Å². The third-order valence-corrected chi connectivity index (χ3v) is 11.6. The molecule has 3 N–H and O–H groups in total. The Labute approximate surface area is 289 Å². The SMILES string of the molecule is CCCC1CCC(C2CCN(c3cnc(-c4ccc(C[C@H](NC(=O)c5ccc(C(C)(C)C)s5)C(=O)NCC(=O)O)cc4)nc3)CC2)CC1. The van der Waals surface area contributed by atoms with E-state index >= 15 is 0 Å². The van der Waals surface area contributed by atoms with Crippen molar-refractivity contribution in [1.82, 2.24) is 20.6 Å². The standard InChI is InChI=1S/C38H51N5O4S/c1-5-6-25-7-11-27(12-8-25)28-17-19-43(20-18-28)30-22-39-35(40-23-30)29-13-9-26(10-14-29)21-31(36(46)41-24-34(44)45)42-37(47)32-15-16-33(48-32)38(2,3)4/h9-10,13-16,22-23,25,27-28,31H,5-8,11-12,17-21,24H2,1-4H3,(H,41,46)(H,42,47)(H,44,45)/t25?,27?,31-/m0/s1. The number of aromatic nitrogens is 2. The zero-order valence-electron chi connectivity index (χ0n) is 28.8. The predicted octanol–water partition coefficient (Wildman–Crippen LogP) is 6.87. The summed E-state index contributed by atoms with van der Waals surface area (Å²) in [4.78, 5) is 50.5. The molecule has 3 aromatic rings. The van der Waals surface area contributed by atoms with Crippen molar-refractivity contribution in [2.45, 2.75) is 96.9 Å². The first-order chi connectivity index (χ1) is 23.0. The van der Waals surface area contributed by atoms with Gasteiger partial charge in [-0.25, -0.2) is 9.97 Å². The second kappa shape index (κ2) is 16.1. The average molecular weight is 674 g/mol. The first kappa shape index (κ1) is 35.5. The topological polar surface area (TPSA) is 125 Å². The molecule has 0 unspecified atom stereocenters. The van der Waals surface area contributed by atoms with Gasteiger partial charge in [-0.1, -0.05) is 77.6 Å². The van der Waals surface area contributed by atoms with Gasteiger partial charge in [0.1, 0.15) is 12.6 Å². The number of anilines is 1. The number of thiophene rings is 1. The number of amides is 2. The third kappa shape index (κ3) is 9.43. The van der Waals surface area contributed by atoms with Crippen LogP contribution in [0, 0.1) is 17.8 Å². The summed E-state index contributed by atoms with van der Waals surface area (Å²) in [6.45, 7) is 10.1. The quantitative estimate of drug-likeness (QED) is 0.192. The van der Waals surface area contributed by atoms with Gasteiger partial charge in [0, 0.05) is 30.0 Å². The summed E-state index contributed by atoms with van der Waals surface area (Å²) in [6.07, 6.45) is 14.9. The molecule has 2 aromatic heterocycles. The van der Waals surface area contributed by atoms with E-state index < -0.39 is 24.5 Å². The molecule has 5 rings (SSSR count). The van der Waals surface area contributed by atoms with Crippen molar-refractivity contribution in [1.29, 1.82) is 0 Å². The molecule has 1 saturated heterocycles. The molecular weight excluding hydrogens is 623 g/mol. The van der Waals surface area contributed by atoms with Crippen molar-refractivity contribution in [2.24, 2.45) is 17.8 Å². The molecule has 3 heterocycles. The van der Waals surface area contributed by atoms with Gasteiger partial charge in [0.2, 0.25) is 5.91 Å². The molecule has 258 valence electrons. The smallest absolute Gasteiger partial charge is 0.322 e. The molecule has 0 bridgehead atoms. The number of carbonyl (C=O) groups excluding carboxylic acids is 2. The van der Waals surface area contributed by atoms with Crippen LogP contribution < -0.4 is 15.5 Å². The van der Waals surface area contributed by atoms with Crippen LogP contribution in [-0.4, -0.2) is 58.5 Å².